The number of aromatic nitrogens is 2. The van der Waals surface area contributed by atoms with Gasteiger partial charge >= 0.3 is 5.97 Å². The van der Waals surface area contributed by atoms with Crippen molar-refractivity contribution in [1.29, 1.82) is 0 Å². The Labute approximate surface area is 186 Å². The van der Waals surface area contributed by atoms with Crippen molar-refractivity contribution in [1.82, 2.24) is 14.7 Å². The monoisotopic (exact) mass is 526 g/mol. The first-order chi connectivity index (χ1) is 13.8. The lowest BCUT2D eigenvalue weighted by atomic mass is 9.94. The fourth-order valence-electron chi connectivity index (χ4n) is 3.77. The van der Waals surface area contributed by atoms with Crippen LogP contribution in [-0.4, -0.2) is 44.8 Å². The summed E-state index contributed by atoms with van der Waals surface area (Å²) in [6.45, 7) is 0.537. The van der Waals surface area contributed by atoms with E-state index < -0.39 is 5.97 Å². The van der Waals surface area contributed by atoms with Gasteiger partial charge in [-0.2, -0.15) is 5.10 Å². The lowest BCUT2D eigenvalue weighted by Gasteiger charge is -2.32. The highest BCUT2D eigenvalue weighted by Gasteiger charge is 2.21. The van der Waals surface area contributed by atoms with Crippen LogP contribution in [-0.2, 0) is 17.9 Å². The van der Waals surface area contributed by atoms with Gasteiger partial charge in [-0.05, 0) is 59.6 Å². The number of benzene rings is 1. The van der Waals surface area contributed by atoms with Gasteiger partial charge in [0.15, 0.2) is 0 Å². The third-order valence-corrected chi connectivity index (χ3v) is 6.33. The Morgan fingerprint density at radius 1 is 1.28 bits per heavy atom. The van der Waals surface area contributed by atoms with Gasteiger partial charge in [0.1, 0.15) is 12.2 Å². The van der Waals surface area contributed by atoms with E-state index in [9.17, 15) is 14.7 Å². The van der Waals surface area contributed by atoms with Crippen LogP contribution in [0.25, 0.3) is 0 Å². The second-order valence-corrected chi connectivity index (χ2v) is 9.13. The number of carbonyl (C=O) groups excluding carboxylic acids is 1. The SMILES string of the molecule is CN(Cc1cc(Br)cc(Br)c1NC(=O)Cn1nccc1C(=O)O)C1CCCCC1. The summed E-state index contributed by atoms with van der Waals surface area (Å²) in [6, 6.07) is 5.81. The molecule has 1 saturated carbocycles. The summed E-state index contributed by atoms with van der Waals surface area (Å²) in [6.07, 6.45) is 7.60. The Bertz CT molecular complexity index is 894. The topological polar surface area (TPSA) is 87.5 Å². The fraction of sp³-hybridized carbons (Fsp3) is 0.450. The van der Waals surface area contributed by atoms with Crippen molar-refractivity contribution in [2.24, 2.45) is 0 Å². The first-order valence-corrected chi connectivity index (χ1v) is 11.2. The van der Waals surface area contributed by atoms with Crippen LogP contribution in [0.1, 0.15) is 48.2 Å². The first-order valence-electron chi connectivity index (χ1n) is 9.58. The molecule has 1 heterocycles. The molecule has 9 heteroatoms. The average molecular weight is 528 g/mol. The molecule has 0 aliphatic heterocycles. The minimum Gasteiger partial charge on any atom is -0.477 e. The number of anilines is 1. The molecule has 1 amide bonds. The molecule has 1 aliphatic carbocycles. The van der Waals surface area contributed by atoms with E-state index in [1.54, 1.807) is 0 Å². The molecule has 1 aliphatic rings. The summed E-state index contributed by atoms with van der Waals surface area (Å²) in [7, 11) is 2.12. The molecule has 0 bridgehead atoms. The summed E-state index contributed by atoms with van der Waals surface area (Å²) < 4.78 is 2.87. The normalized spacial score (nSPS) is 14.9. The van der Waals surface area contributed by atoms with Crippen molar-refractivity contribution in [3.63, 3.8) is 0 Å². The number of aromatic carboxylic acids is 1. The van der Waals surface area contributed by atoms with Crippen molar-refractivity contribution in [3.8, 4) is 0 Å². The number of carboxylic acid groups (broad SMARTS) is 1. The van der Waals surface area contributed by atoms with Crippen LogP contribution in [0.5, 0.6) is 0 Å². The number of hydrogen-bond donors (Lipinski definition) is 2. The maximum absolute atomic E-state index is 12.6. The zero-order chi connectivity index (χ0) is 21.0. The highest BCUT2D eigenvalue weighted by molar-refractivity contribution is 9.11. The van der Waals surface area contributed by atoms with Gasteiger partial charge in [-0.3, -0.25) is 9.69 Å². The van der Waals surface area contributed by atoms with Gasteiger partial charge in [-0.15, -0.1) is 0 Å². The average Bonchev–Trinajstić information content (AvgIpc) is 3.13. The Morgan fingerprint density at radius 2 is 2.00 bits per heavy atom. The van der Waals surface area contributed by atoms with Crippen molar-refractivity contribution in [2.75, 3.05) is 12.4 Å². The van der Waals surface area contributed by atoms with E-state index in [-0.39, 0.29) is 18.1 Å². The minimum atomic E-state index is -1.12. The van der Waals surface area contributed by atoms with E-state index in [0.29, 0.717) is 18.3 Å². The number of nitrogens with zero attached hydrogens (tertiary/aromatic N) is 3. The Morgan fingerprint density at radius 3 is 2.69 bits per heavy atom. The van der Waals surface area contributed by atoms with E-state index in [4.69, 9.17) is 0 Å². The number of halogens is 2. The maximum atomic E-state index is 12.6. The third kappa shape index (κ3) is 5.67. The van der Waals surface area contributed by atoms with Gasteiger partial charge in [-0.25, -0.2) is 9.48 Å². The quantitative estimate of drug-likeness (QED) is 0.553. The van der Waals surface area contributed by atoms with Crippen LogP contribution in [0, 0.1) is 0 Å². The molecule has 0 atom stereocenters. The molecule has 29 heavy (non-hydrogen) atoms. The molecule has 1 fully saturated rings. The smallest absolute Gasteiger partial charge is 0.354 e. The number of nitrogens with one attached hydrogen (secondary N) is 1. The maximum Gasteiger partial charge on any atom is 0.354 e. The largest absolute Gasteiger partial charge is 0.477 e. The summed E-state index contributed by atoms with van der Waals surface area (Å²) in [4.78, 5) is 26.2. The lowest BCUT2D eigenvalue weighted by Crippen LogP contribution is -2.33. The Hall–Kier alpha value is -1.71. The highest BCUT2D eigenvalue weighted by Crippen LogP contribution is 2.33. The zero-order valence-corrected chi connectivity index (χ0v) is 19.4. The molecular weight excluding hydrogens is 504 g/mol. The van der Waals surface area contributed by atoms with Crippen molar-refractivity contribution < 1.29 is 14.7 Å². The second-order valence-electron chi connectivity index (χ2n) is 7.36. The van der Waals surface area contributed by atoms with Gasteiger partial charge < -0.3 is 10.4 Å². The number of carboxylic acids is 1. The molecule has 1 aromatic heterocycles. The summed E-state index contributed by atoms with van der Waals surface area (Å²) in [5.74, 6) is -1.45. The Kier molecular flexibility index (Phi) is 7.48. The summed E-state index contributed by atoms with van der Waals surface area (Å²) >= 11 is 7.08. The fourth-order valence-corrected chi connectivity index (χ4v) is 5.18. The van der Waals surface area contributed by atoms with Gasteiger partial charge in [-0.1, -0.05) is 35.2 Å². The summed E-state index contributed by atoms with van der Waals surface area (Å²) in [5, 5.41) is 16.1. The van der Waals surface area contributed by atoms with Crippen molar-refractivity contribution in [2.45, 2.75) is 51.2 Å². The molecule has 2 N–H and O–H groups in total. The molecule has 1 aromatic carbocycles. The van der Waals surface area contributed by atoms with Crippen LogP contribution in [0.4, 0.5) is 5.69 Å². The van der Waals surface area contributed by atoms with Gasteiger partial charge in [0.25, 0.3) is 0 Å². The predicted molar refractivity (Wildman–Crippen MR) is 118 cm³/mol. The molecule has 3 rings (SSSR count). The molecule has 7 nitrogen and oxygen atoms in total. The van der Waals surface area contributed by atoms with Crippen LogP contribution in [0.2, 0.25) is 0 Å². The van der Waals surface area contributed by atoms with Crippen molar-refractivity contribution >= 4 is 49.4 Å². The van der Waals surface area contributed by atoms with Gasteiger partial charge in [0, 0.05) is 27.7 Å². The van der Waals surface area contributed by atoms with E-state index in [1.165, 1.54) is 49.0 Å². The van der Waals surface area contributed by atoms with Crippen LogP contribution >= 0.6 is 31.9 Å². The van der Waals surface area contributed by atoms with E-state index in [2.05, 4.69) is 54.2 Å². The molecular formula is C20H24Br2N4O3. The van der Waals surface area contributed by atoms with Crippen LogP contribution in [0.15, 0.2) is 33.3 Å². The molecule has 156 valence electrons. The molecule has 2 aromatic rings. The predicted octanol–water partition coefficient (Wildman–Crippen LogP) is 4.51. The zero-order valence-electron chi connectivity index (χ0n) is 16.2. The number of hydrogen-bond acceptors (Lipinski definition) is 4. The number of rotatable bonds is 7. The molecule has 0 radical (unpaired) electrons. The molecule has 0 spiro atoms. The molecule has 0 unspecified atom stereocenters. The van der Waals surface area contributed by atoms with E-state index in [0.717, 1.165) is 14.5 Å². The van der Waals surface area contributed by atoms with E-state index in [1.807, 2.05) is 12.1 Å². The minimum absolute atomic E-state index is 0.0210. The Balaban J connectivity index is 1.76. The van der Waals surface area contributed by atoms with E-state index >= 15 is 0 Å². The second kappa shape index (κ2) is 9.86. The standard InChI is InChI=1S/C20H24Br2N4O3/c1-25(15-5-3-2-4-6-15)11-13-9-14(21)10-16(22)19(13)24-18(27)12-26-17(20(28)29)7-8-23-26/h7-10,15H,2-6,11-12H2,1H3,(H,24,27)(H,28,29). The third-order valence-electron chi connectivity index (χ3n) is 5.25. The lowest BCUT2D eigenvalue weighted by molar-refractivity contribution is -0.116. The van der Waals surface area contributed by atoms with Gasteiger partial charge in [0.05, 0.1) is 5.69 Å². The van der Waals surface area contributed by atoms with Crippen molar-refractivity contribution in [3.05, 3.63) is 44.6 Å². The number of carbonyl (C=O) groups is 2. The van der Waals surface area contributed by atoms with Gasteiger partial charge in [0.2, 0.25) is 5.91 Å². The van der Waals surface area contributed by atoms with Crippen LogP contribution in [0.3, 0.4) is 0 Å². The number of amides is 1. The van der Waals surface area contributed by atoms with Crippen LogP contribution < -0.4 is 5.32 Å². The first kappa shape index (κ1) is 22.0. The highest BCUT2D eigenvalue weighted by atomic mass is 79.9. The summed E-state index contributed by atoms with van der Waals surface area (Å²) in [5.41, 5.74) is 1.67. The molecule has 0 saturated heterocycles.